The van der Waals surface area contributed by atoms with Gasteiger partial charge in [-0.2, -0.15) is 0 Å². The van der Waals surface area contributed by atoms with Crippen LogP contribution >= 0.6 is 11.3 Å². The predicted molar refractivity (Wildman–Crippen MR) is 82.6 cm³/mol. The standard InChI is InChI=1S/C15H13N3O2S/c1-10-9-21-15(17-10)18-14-8-13(5-6-16-14)20-12-4-2-3-11(19)7-12/h2-9,19H,1H3,(H,16,17,18). The van der Waals surface area contributed by atoms with E-state index in [0.29, 0.717) is 17.3 Å². The lowest BCUT2D eigenvalue weighted by molar-refractivity contribution is 0.455. The fourth-order valence-electron chi connectivity index (χ4n) is 1.75. The molecule has 2 heterocycles. The average molecular weight is 299 g/mol. The van der Waals surface area contributed by atoms with Crippen LogP contribution in [0.5, 0.6) is 17.2 Å². The van der Waals surface area contributed by atoms with Crippen LogP contribution in [0.4, 0.5) is 10.9 Å². The van der Waals surface area contributed by atoms with Crippen molar-refractivity contribution in [3.05, 3.63) is 53.7 Å². The number of hydrogen-bond acceptors (Lipinski definition) is 6. The topological polar surface area (TPSA) is 67.3 Å². The zero-order valence-electron chi connectivity index (χ0n) is 11.3. The fraction of sp³-hybridized carbons (Fsp3) is 0.0667. The Morgan fingerprint density at radius 1 is 1.19 bits per heavy atom. The van der Waals surface area contributed by atoms with Crippen LogP contribution in [0.3, 0.4) is 0 Å². The van der Waals surface area contributed by atoms with E-state index in [1.54, 1.807) is 42.6 Å². The van der Waals surface area contributed by atoms with Gasteiger partial charge in [0.2, 0.25) is 0 Å². The normalized spacial score (nSPS) is 10.3. The molecule has 2 aromatic heterocycles. The zero-order chi connectivity index (χ0) is 14.7. The number of pyridine rings is 1. The van der Waals surface area contributed by atoms with Crippen LogP contribution in [-0.2, 0) is 0 Å². The highest BCUT2D eigenvalue weighted by Gasteiger charge is 2.03. The van der Waals surface area contributed by atoms with Gasteiger partial charge in [-0.1, -0.05) is 6.07 Å². The molecule has 0 atom stereocenters. The monoisotopic (exact) mass is 299 g/mol. The van der Waals surface area contributed by atoms with Crippen molar-refractivity contribution in [1.82, 2.24) is 9.97 Å². The van der Waals surface area contributed by atoms with E-state index < -0.39 is 0 Å². The van der Waals surface area contributed by atoms with Gasteiger partial charge in [0.15, 0.2) is 5.13 Å². The highest BCUT2D eigenvalue weighted by atomic mass is 32.1. The summed E-state index contributed by atoms with van der Waals surface area (Å²) in [6, 6.07) is 10.2. The lowest BCUT2D eigenvalue weighted by Crippen LogP contribution is -1.93. The molecule has 0 fully saturated rings. The van der Waals surface area contributed by atoms with Crippen LogP contribution in [0.25, 0.3) is 0 Å². The van der Waals surface area contributed by atoms with Gasteiger partial charge in [0.25, 0.3) is 0 Å². The smallest absolute Gasteiger partial charge is 0.188 e. The molecule has 0 radical (unpaired) electrons. The number of hydrogen-bond donors (Lipinski definition) is 2. The molecule has 0 aliphatic heterocycles. The molecule has 0 bridgehead atoms. The number of phenols is 1. The molecule has 106 valence electrons. The molecule has 0 spiro atoms. The Morgan fingerprint density at radius 2 is 2.05 bits per heavy atom. The van der Waals surface area contributed by atoms with Crippen molar-refractivity contribution < 1.29 is 9.84 Å². The van der Waals surface area contributed by atoms with Gasteiger partial charge in [0.05, 0.1) is 5.69 Å². The Morgan fingerprint density at radius 3 is 2.81 bits per heavy atom. The van der Waals surface area contributed by atoms with Gasteiger partial charge in [0.1, 0.15) is 23.1 Å². The van der Waals surface area contributed by atoms with Gasteiger partial charge in [-0.25, -0.2) is 9.97 Å². The molecule has 2 N–H and O–H groups in total. The third-order valence-electron chi connectivity index (χ3n) is 2.64. The molecular formula is C15H13N3O2S. The summed E-state index contributed by atoms with van der Waals surface area (Å²) in [4.78, 5) is 8.55. The summed E-state index contributed by atoms with van der Waals surface area (Å²) in [5.74, 6) is 2.02. The molecule has 3 rings (SSSR count). The molecule has 21 heavy (non-hydrogen) atoms. The summed E-state index contributed by atoms with van der Waals surface area (Å²) in [6.07, 6.45) is 1.65. The van der Waals surface area contributed by atoms with Crippen LogP contribution in [0.15, 0.2) is 48.0 Å². The summed E-state index contributed by atoms with van der Waals surface area (Å²) in [5.41, 5.74) is 0.967. The Labute approximate surface area is 125 Å². The van der Waals surface area contributed by atoms with E-state index >= 15 is 0 Å². The third kappa shape index (κ3) is 3.49. The molecule has 1 aromatic carbocycles. The van der Waals surface area contributed by atoms with Crippen LogP contribution in [0, 0.1) is 6.92 Å². The molecule has 0 saturated heterocycles. The molecule has 0 amide bonds. The molecule has 0 unspecified atom stereocenters. The number of phenolic OH excluding ortho intramolecular Hbond substituents is 1. The molecule has 0 saturated carbocycles. The number of nitrogens with zero attached hydrogens (tertiary/aromatic N) is 2. The minimum Gasteiger partial charge on any atom is -0.508 e. The first-order valence-electron chi connectivity index (χ1n) is 6.31. The van der Waals surface area contributed by atoms with Crippen LogP contribution < -0.4 is 10.1 Å². The summed E-state index contributed by atoms with van der Waals surface area (Å²) < 4.78 is 5.69. The van der Waals surface area contributed by atoms with E-state index in [-0.39, 0.29) is 5.75 Å². The summed E-state index contributed by atoms with van der Waals surface area (Å²) >= 11 is 1.52. The van der Waals surface area contributed by atoms with Crippen molar-refractivity contribution in [2.75, 3.05) is 5.32 Å². The van der Waals surface area contributed by atoms with Gasteiger partial charge in [-0.15, -0.1) is 11.3 Å². The van der Waals surface area contributed by atoms with Gasteiger partial charge >= 0.3 is 0 Å². The van der Waals surface area contributed by atoms with E-state index in [9.17, 15) is 5.11 Å². The van der Waals surface area contributed by atoms with Gasteiger partial charge in [-0.05, 0) is 25.1 Å². The minimum atomic E-state index is 0.165. The first kappa shape index (κ1) is 13.4. The Hall–Kier alpha value is -2.60. The van der Waals surface area contributed by atoms with E-state index in [1.807, 2.05) is 12.3 Å². The van der Waals surface area contributed by atoms with E-state index in [2.05, 4.69) is 15.3 Å². The predicted octanol–water partition coefficient (Wildman–Crippen LogP) is 4.09. The minimum absolute atomic E-state index is 0.165. The summed E-state index contributed by atoms with van der Waals surface area (Å²) in [7, 11) is 0. The maximum atomic E-state index is 9.43. The van der Waals surface area contributed by atoms with Crippen LogP contribution in [0.2, 0.25) is 0 Å². The summed E-state index contributed by atoms with van der Waals surface area (Å²) in [6.45, 7) is 1.94. The molecule has 5 nitrogen and oxygen atoms in total. The lowest BCUT2D eigenvalue weighted by atomic mass is 10.3. The number of rotatable bonds is 4. The SMILES string of the molecule is Cc1csc(Nc2cc(Oc3cccc(O)c3)ccn2)n1. The Balaban J connectivity index is 1.76. The van der Waals surface area contributed by atoms with E-state index in [4.69, 9.17) is 4.74 Å². The number of benzene rings is 1. The molecule has 6 heteroatoms. The molecule has 3 aromatic rings. The first-order chi connectivity index (χ1) is 10.2. The first-order valence-corrected chi connectivity index (χ1v) is 7.19. The number of aryl methyl sites for hydroxylation is 1. The summed E-state index contributed by atoms with van der Waals surface area (Å²) in [5, 5.41) is 15.3. The van der Waals surface area contributed by atoms with Crippen molar-refractivity contribution in [2.45, 2.75) is 6.92 Å². The second kappa shape index (κ2) is 5.80. The van der Waals surface area contributed by atoms with E-state index in [0.717, 1.165) is 10.8 Å². The Bertz CT molecular complexity index is 758. The Kier molecular flexibility index (Phi) is 3.70. The maximum Gasteiger partial charge on any atom is 0.188 e. The number of ether oxygens (including phenoxy) is 1. The molecule has 0 aliphatic rings. The van der Waals surface area contributed by atoms with Crippen LogP contribution in [0.1, 0.15) is 5.69 Å². The third-order valence-corrected chi connectivity index (χ3v) is 3.51. The van der Waals surface area contributed by atoms with Crippen molar-refractivity contribution in [3.8, 4) is 17.2 Å². The second-order valence-electron chi connectivity index (χ2n) is 4.40. The van der Waals surface area contributed by atoms with Crippen molar-refractivity contribution in [1.29, 1.82) is 0 Å². The highest BCUT2D eigenvalue weighted by molar-refractivity contribution is 7.13. The maximum absolute atomic E-state index is 9.43. The van der Waals surface area contributed by atoms with Crippen molar-refractivity contribution in [2.24, 2.45) is 0 Å². The lowest BCUT2D eigenvalue weighted by Gasteiger charge is -2.07. The molecular weight excluding hydrogens is 286 g/mol. The average Bonchev–Trinajstić information content (AvgIpc) is 2.84. The van der Waals surface area contributed by atoms with Gasteiger partial charge in [-0.3, -0.25) is 0 Å². The zero-order valence-corrected chi connectivity index (χ0v) is 12.1. The largest absolute Gasteiger partial charge is 0.508 e. The second-order valence-corrected chi connectivity index (χ2v) is 5.25. The number of thiazole rings is 1. The highest BCUT2D eigenvalue weighted by Crippen LogP contribution is 2.27. The van der Waals surface area contributed by atoms with Gasteiger partial charge in [0, 0.05) is 23.7 Å². The molecule has 0 aliphatic carbocycles. The van der Waals surface area contributed by atoms with Crippen molar-refractivity contribution >= 4 is 22.3 Å². The van der Waals surface area contributed by atoms with E-state index in [1.165, 1.54) is 11.3 Å². The number of aromatic hydroxyl groups is 1. The number of aromatic nitrogens is 2. The number of anilines is 2. The van der Waals surface area contributed by atoms with Crippen LogP contribution in [-0.4, -0.2) is 15.1 Å². The van der Waals surface area contributed by atoms with Gasteiger partial charge < -0.3 is 15.2 Å². The fourth-order valence-corrected chi connectivity index (χ4v) is 2.44. The number of nitrogens with one attached hydrogen (secondary N) is 1. The quantitative estimate of drug-likeness (QED) is 0.759. The van der Waals surface area contributed by atoms with Crippen molar-refractivity contribution in [3.63, 3.8) is 0 Å².